The minimum atomic E-state index is -3.46. The maximum Gasteiger partial charge on any atom is 0.251 e. The van der Waals surface area contributed by atoms with Gasteiger partial charge in [-0.2, -0.15) is 4.31 Å². The summed E-state index contributed by atoms with van der Waals surface area (Å²) in [5.74, 6) is 0.486. The average Bonchev–Trinajstić information content (AvgIpc) is 3.23. The van der Waals surface area contributed by atoms with Crippen molar-refractivity contribution in [3.63, 3.8) is 0 Å². The van der Waals surface area contributed by atoms with E-state index in [1.165, 1.54) is 16.4 Å². The molecule has 0 bridgehead atoms. The summed E-state index contributed by atoms with van der Waals surface area (Å²) >= 11 is 0. The van der Waals surface area contributed by atoms with E-state index in [1.807, 2.05) is 37.3 Å². The van der Waals surface area contributed by atoms with E-state index < -0.39 is 10.0 Å². The Morgan fingerprint density at radius 3 is 2.33 bits per heavy atom. The molecule has 6 nitrogen and oxygen atoms in total. The molecule has 1 amide bonds. The van der Waals surface area contributed by atoms with Gasteiger partial charge in [-0.1, -0.05) is 18.2 Å². The molecule has 0 aliphatic carbocycles. The Balaban J connectivity index is 1.57. The van der Waals surface area contributed by atoms with Crippen molar-refractivity contribution < 1.29 is 17.9 Å². The topological polar surface area (TPSA) is 75.7 Å². The molecule has 1 fully saturated rings. The lowest BCUT2D eigenvalue weighted by molar-refractivity contribution is 0.0926. The third kappa shape index (κ3) is 4.87. The molecule has 1 aliphatic heterocycles. The predicted octanol–water partition coefficient (Wildman–Crippen LogP) is 2.67. The first-order chi connectivity index (χ1) is 13.0. The van der Waals surface area contributed by atoms with Crippen LogP contribution in [0.25, 0.3) is 0 Å². The highest BCUT2D eigenvalue weighted by atomic mass is 32.2. The number of nitrogens with one attached hydrogen (secondary N) is 1. The summed E-state index contributed by atoms with van der Waals surface area (Å²) in [5.41, 5.74) is 0.418. The van der Waals surface area contributed by atoms with Crippen LogP contribution in [-0.2, 0) is 10.0 Å². The van der Waals surface area contributed by atoms with E-state index in [0.29, 0.717) is 25.3 Å². The minimum Gasteiger partial charge on any atom is -0.491 e. The Hall–Kier alpha value is -2.38. The number of sulfonamides is 1. The molecule has 2 aromatic rings. The number of para-hydroxylation sites is 1. The molecule has 27 heavy (non-hydrogen) atoms. The first-order valence-corrected chi connectivity index (χ1v) is 10.5. The van der Waals surface area contributed by atoms with E-state index in [9.17, 15) is 13.2 Å². The summed E-state index contributed by atoms with van der Waals surface area (Å²) < 4.78 is 32.2. The van der Waals surface area contributed by atoms with Crippen LogP contribution in [0.15, 0.2) is 59.5 Å². The van der Waals surface area contributed by atoms with Crippen LogP contribution < -0.4 is 10.1 Å². The number of amides is 1. The molecule has 3 rings (SSSR count). The van der Waals surface area contributed by atoms with Gasteiger partial charge >= 0.3 is 0 Å². The first-order valence-electron chi connectivity index (χ1n) is 9.06. The van der Waals surface area contributed by atoms with Crippen molar-refractivity contribution in [3.8, 4) is 5.75 Å². The van der Waals surface area contributed by atoms with Crippen molar-refractivity contribution in [2.75, 3.05) is 19.7 Å². The summed E-state index contributed by atoms with van der Waals surface area (Å²) in [4.78, 5) is 12.6. The molecular formula is C20H24N2O4S. The second-order valence-electron chi connectivity index (χ2n) is 6.63. The van der Waals surface area contributed by atoms with E-state index in [0.717, 1.165) is 18.6 Å². The maximum absolute atomic E-state index is 12.5. The quantitative estimate of drug-likeness (QED) is 0.791. The van der Waals surface area contributed by atoms with Crippen LogP contribution in [0.4, 0.5) is 0 Å². The van der Waals surface area contributed by atoms with Crippen molar-refractivity contribution in [1.82, 2.24) is 9.62 Å². The number of hydrogen-bond acceptors (Lipinski definition) is 4. The van der Waals surface area contributed by atoms with Gasteiger partial charge in [-0.15, -0.1) is 0 Å². The van der Waals surface area contributed by atoms with Gasteiger partial charge in [0.05, 0.1) is 10.9 Å². The van der Waals surface area contributed by atoms with Crippen molar-refractivity contribution in [2.45, 2.75) is 30.7 Å². The SMILES string of the molecule is C[C@@H](COc1ccccc1)NC(=O)c1ccc(S(=O)(=O)N2CCCC2)cc1. The molecule has 0 spiro atoms. The third-order valence-electron chi connectivity index (χ3n) is 4.44. The van der Waals surface area contributed by atoms with Gasteiger partial charge in [-0.25, -0.2) is 8.42 Å². The van der Waals surface area contributed by atoms with Gasteiger partial charge in [0, 0.05) is 18.7 Å². The van der Waals surface area contributed by atoms with Crippen molar-refractivity contribution in [2.24, 2.45) is 0 Å². The number of benzene rings is 2. The Morgan fingerprint density at radius 2 is 1.70 bits per heavy atom. The third-order valence-corrected chi connectivity index (χ3v) is 6.35. The Kier molecular flexibility index (Phi) is 6.13. The summed E-state index contributed by atoms with van der Waals surface area (Å²) in [7, 11) is -3.46. The van der Waals surface area contributed by atoms with Crippen LogP contribution in [0.5, 0.6) is 5.75 Å². The highest BCUT2D eigenvalue weighted by molar-refractivity contribution is 7.89. The van der Waals surface area contributed by atoms with Crippen LogP contribution in [0.1, 0.15) is 30.1 Å². The summed E-state index contributed by atoms with van der Waals surface area (Å²) in [6.45, 7) is 3.32. The molecular weight excluding hydrogens is 364 g/mol. The number of carbonyl (C=O) groups excluding carboxylic acids is 1. The van der Waals surface area contributed by atoms with E-state index >= 15 is 0 Å². The van der Waals surface area contributed by atoms with Gasteiger partial charge in [-0.05, 0) is 56.2 Å². The van der Waals surface area contributed by atoms with Crippen LogP contribution in [-0.4, -0.2) is 44.4 Å². The molecule has 0 radical (unpaired) electrons. The molecule has 1 atom stereocenters. The van der Waals surface area contributed by atoms with Crippen LogP contribution in [0, 0.1) is 0 Å². The minimum absolute atomic E-state index is 0.189. The monoisotopic (exact) mass is 388 g/mol. The molecule has 0 unspecified atom stereocenters. The van der Waals surface area contributed by atoms with E-state index in [1.54, 1.807) is 12.1 Å². The average molecular weight is 388 g/mol. The smallest absolute Gasteiger partial charge is 0.251 e. The lowest BCUT2D eigenvalue weighted by Crippen LogP contribution is -2.36. The number of carbonyl (C=O) groups is 1. The zero-order valence-corrected chi connectivity index (χ0v) is 16.1. The van der Waals surface area contributed by atoms with Crippen molar-refractivity contribution in [1.29, 1.82) is 0 Å². The lowest BCUT2D eigenvalue weighted by atomic mass is 10.2. The Labute approximate surface area is 160 Å². The number of nitrogens with zero attached hydrogens (tertiary/aromatic N) is 1. The molecule has 1 saturated heterocycles. The standard InChI is InChI=1S/C20H24N2O4S/c1-16(15-26-18-7-3-2-4-8-18)21-20(23)17-9-11-19(12-10-17)27(24,25)22-13-5-6-14-22/h2-4,7-12,16H,5-6,13-15H2,1H3,(H,21,23)/t16-/m0/s1. The van der Waals surface area contributed by atoms with Crippen molar-refractivity contribution in [3.05, 3.63) is 60.2 Å². The van der Waals surface area contributed by atoms with E-state index in [-0.39, 0.29) is 16.8 Å². The summed E-state index contributed by atoms with van der Waals surface area (Å²) in [5, 5.41) is 2.86. The van der Waals surface area contributed by atoms with Crippen molar-refractivity contribution >= 4 is 15.9 Å². The second-order valence-corrected chi connectivity index (χ2v) is 8.57. The molecule has 7 heteroatoms. The fourth-order valence-electron chi connectivity index (χ4n) is 2.94. The molecule has 0 aromatic heterocycles. The van der Waals surface area contributed by atoms with Crippen LogP contribution in [0.3, 0.4) is 0 Å². The van der Waals surface area contributed by atoms with Gasteiger partial charge in [0.2, 0.25) is 10.0 Å². The largest absolute Gasteiger partial charge is 0.491 e. The second kappa shape index (κ2) is 8.54. The van der Waals surface area contributed by atoms with Gasteiger partial charge in [-0.3, -0.25) is 4.79 Å². The highest BCUT2D eigenvalue weighted by Gasteiger charge is 2.27. The summed E-state index contributed by atoms with van der Waals surface area (Å²) in [6, 6.07) is 15.3. The predicted molar refractivity (Wildman–Crippen MR) is 103 cm³/mol. The van der Waals surface area contributed by atoms with Crippen LogP contribution in [0.2, 0.25) is 0 Å². The Bertz CT molecular complexity index is 861. The van der Waals surface area contributed by atoms with Gasteiger partial charge in [0.25, 0.3) is 5.91 Å². The zero-order chi connectivity index (χ0) is 19.3. The van der Waals surface area contributed by atoms with Gasteiger partial charge < -0.3 is 10.1 Å². The molecule has 1 aliphatic rings. The molecule has 1 heterocycles. The van der Waals surface area contributed by atoms with Crippen LogP contribution >= 0.6 is 0 Å². The maximum atomic E-state index is 12.5. The molecule has 0 saturated carbocycles. The lowest BCUT2D eigenvalue weighted by Gasteiger charge is -2.17. The Morgan fingerprint density at radius 1 is 1.07 bits per heavy atom. The zero-order valence-electron chi connectivity index (χ0n) is 15.3. The highest BCUT2D eigenvalue weighted by Crippen LogP contribution is 2.21. The fourth-order valence-corrected chi connectivity index (χ4v) is 4.46. The fraction of sp³-hybridized carbons (Fsp3) is 0.350. The normalized spacial score (nSPS) is 16.0. The van der Waals surface area contributed by atoms with Gasteiger partial charge in [0.15, 0.2) is 0 Å². The first kappa shape index (κ1) is 19.4. The molecule has 144 valence electrons. The molecule has 1 N–H and O–H groups in total. The van der Waals surface area contributed by atoms with E-state index in [4.69, 9.17) is 4.74 Å². The summed E-state index contributed by atoms with van der Waals surface area (Å²) in [6.07, 6.45) is 1.78. The van der Waals surface area contributed by atoms with Gasteiger partial charge in [0.1, 0.15) is 12.4 Å². The number of rotatable bonds is 7. The number of hydrogen-bond donors (Lipinski definition) is 1. The number of ether oxygens (including phenoxy) is 1. The molecule has 2 aromatic carbocycles. The van der Waals surface area contributed by atoms with E-state index in [2.05, 4.69) is 5.32 Å².